The SMILES string of the molecule is C1CCN(CCC2CNC2)C1.CCC. The summed E-state index contributed by atoms with van der Waals surface area (Å²) in [6.45, 7) is 10.9. The Kier molecular flexibility index (Phi) is 6.20. The zero-order valence-corrected chi connectivity index (χ0v) is 9.89. The van der Waals surface area contributed by atoms with Gasteiger partial charge in [-0.15, -0.1) is 0 Å². The Labute approximate surface area is 89.1 Å². The van der Waals surface area contributed by atoms with Crippen molar-refractivity contribution in [3.05, 3.63) is 0 Å². The average Bonchev–Trinajstić information content (AvgIpc) is 2.55. The second-order valence-corrected chi connectivity index (χ2v) is 4.57. The number of rotatable bonds is 3. The van der Waals surface area contributed by atoms with E-state index in [1.807, 2.05) is 0 Å². The van der Waals surface area contributed by atoms with E-state index < -0.39 is 0 Å². The Morgan fingerprint density at radius 1 is 1.14 bits per heavy atom. The van der Waals surface area contributed by atoms with Gasteiger partial charge < -0.3 is 10.2 Å². The van der Waals surface area contributed by atoms with E-state index >= 15 is 0 Å². The van der Waals surface area contributed by atoms with E-state index in [4.69, 9.17) is 0 Å². The van der Waals surface area contributed by atoms with Gasteiger partial charge in [0, 0.05) is 0 Å². The lowest BCUT2D eigenvalue weighted by Crippen LogP contribution is -2.43. The molecule has 0 spiro atoms. The molecule has 0 radical (unpaired) electrons. The zero-order valence-electron chi connectivity index (χ0n) is 9.89. The molecule has 0 aromatic heterocycles. The lowest BCUT2D eigenvalue weighted by molar-refractivity contribution is 0.257. The first-order valence-electron chi connectivity index (χ1n) is 6.29. The zero-order chi connectivity index (χ0) is 10.2. The molecule has 0 saturated carbocycles. The summed E-state index contributed by atoms with van der Waals surface area (Å²) >= 11 is 0. The van der Waals surface area contributed by atoms with Gasteiger partial charge in [0.15, 0.2) is 0 Å². The number of hydrogen-bond acceptors (Lipinski definition) is 2. The molecule has 2 rings (SSSR count). The van der Waals surface area contributed by atoms with Crippen LogP contribution < -0.4 is 5.32 Å². The molecule has 2 heterocycles. The van der Waals surface area contributed by atoms with Crippen molar-refractivity contribution >= 4 is 0 Å². The van der Waals surface area contributed by atoms with Gasteiger partial charge in [-0.3, -0.25) is 0 Å². The van der Waals surface area contributed by atoms with Gasteiger partial charge in [0.2, 0.25) is 0 Å². The van der Waals surface area contributed by atoms with E-state index in [9.17, 15) is 0 Å². The summed E-state index contributed by atoms with van der Waals surface area (Å²) in [5, 5.41) is 3.32. The Hall–Kier alpha value is -0.0800. The number of nitrogens with zero attached hydrogens (tertiary/aromatic N) is 1. The van der Waals surface area contributed by atoms with Gasteiger partial charge in [0.05, 0.1) is 0 Å². The summed E-state index contributed by atoms with van der Waals surface area (Å²) < 4.78 is 0. The average molecular weight is 198 g/mol. The fourth-order valence-electron chi connectivity index (χ4n) is 1.92. The molecule has 2 nitrogen and oxygen atoms in total. The molecule has 0 aromatic rings. The van der Waals surface area contributed by atoms with Crippen LogP contribution in [-0.2, 0) is 0 Å². The number of nitrogens with one attached hydrogen (secondary N) is 1. The van der Waals surface area contributed by atoms with Crippen molar-refractivity contribution < 1.29 is 0 Å². The van der Waals surface area contributed by atoms with E-state index in [0.717, 1.165) is 5.92 Å². The summed E-state index contributed by atoms with van der Waals surface area (Å²) in [6.07, 6.45) is 5.54. The molecule has 2 fully saturated rings. The highest BCUT2D eigenvalue weighted by Gasteiger charge is 2.18. The smallest absolute Gasteiger partial charge is 0.000778 e. The molecule has 2 heteroatoms. The van der Waals surface area contributed by atoms with E-state index in [0.29, 0.717) is 0 Å². The van der Waals surface area contributed by atoms with E-state index in [-0.39, 0.29) is 0 Å². The maximum atomic E-state index is 3.32. The largest absolute Gasteiger partial charge is 0.316 e. The van der Waals surface area contributed by atoms with Crippen molar-refractivity contribution in [3.8, 4) is 0 Å². The molecule has 0 unspecified atom stereocenters. The third-order valence-electron chi connectivity index (χ3n) is 2.92. The fourth-order valence-corrected chi connectivity index (χ4v) is 1.92. The normalized spacial score (nSPS) is 22.7. The molecule has 2 saturated heterocycles. The highest BCUT2D eigenvalue weighted by molar-refractivity contribution is 4.76. The first kappa shape index (κ1) is 12.0. The number of likely N-dealkylation sites (tertiary alicyclic amines) is 1. The second-order valence-electron chi connectivity index (χ2n) is 4.57. The molecule has 0 atom stereocenters. The first-order chi connectivity index (χ1) is 6.86. The van der Waals surface area contributed by atoms with Gasteiger partial charge >= 0.3 is 0 Å². The van der Waals surface area contributed by atoms with Crippen LogP contribution in [0, 0.1) is 5.92 Å². The highest BCUT2D eigenvalue weighted by Crippen LogP contribution is 2.12. The van der Waals surface area contributed by atoms with Crippen LogP contribution in [0.25, 0.3) is 0 Å². The Morgan fingerprint density at radius 3 is 2.14 bits per heavy atom. The second kappa shape index (κ2) is 7.24. The van der Waals surface area contributed by atoms with Crippen molar-refractivity contribution in [1.82, 2.24) is 10.2 Å². The predicted molar refractivity (Wildman–Crippen MR) is 62.6 cm³/mol. The number of hydrogen-bond donors (Lipinski definition) is 1. The fraction of sp³-hybridized carbons (Fsp3) is 1.00. The molecule has 0 aliphatic carbocycles. The van der Waals surface area contributed by atoms with Gasteiger partial charge in [0.25, 0.3) is 0 Å². The maximum absolute atomic E-state index is 3.32. The van der Waals surface area contributed by atoms with Crippen LogP contribution in [0.1, 0.15) is 39.5 Å². The molecular formula is C12H26N2. The van der Waals surface area contributed by atoms with Gasteiger partial charge in [-0.1, -0.05) is 20.3 Å². The summed E-state index contributed by atoms with van der Waals surface area (Å²) in [5.74, 6) is 0.996. The molecule has 0 bridgehead atoms. The Balaban J connectivity index is 0.000000293. The minimum absolute atomic E-state index is 0.996. The molecule has 2 aliphatic rings. The topological polar surface area (TPSA) is 15.3 Å². The molecule has 84 valence electrons. The van der Waals surface area contributed by atoms with Gasteiger partial charge in [0.1, 0.15) is 0 Å². The van der Waals surface area contributed by atoms with E-state index in [1.165, 1.54) is 58.4 Å². The van der Waals surface area contributed by atoms with Crippen molar-refractivity contribution in [2.75, 3.05) is 32.7 Å². The molecule has 0 amide bonds. The van der Waals surface area contributed by atoms with Gasteiger partial charge in [-0.25, -0.2) is 0 Å². The van der Waals surface area contributed by atoms with Crippen molar-refractivity contribution in [2.24, 2.45) is 5.92 Å². The minimum Gasteiger partial charge on any atom is -0.316 e. The van der Waals surface area contributed by atoms with Crippen LogP contribution in [0.5, 0.6) is 0 Å². The van der Waals surface area contributed by atoms with E-state index in [2.05, 4.69) is 24.1 Å². The lowest BCUT2D eigenvalue weighted by atomic mass is 9.99. The summed E-state index contributed by atoms with van der Waals surface area (Å²) in [4.78, 5) is 2.61. The van der Waals surface area contributed by atoms with Crippen molar-refractivity contribution in [2.45, 2.75) is 39.5 Å². The van der Waals surface area contributed by atoms with Crippen molar-refractivity contribution in [3.63, 3.8) is 0 Å². The first-order valence-corrected chi connectivity index (χ1v) is 6.29. The molecule has 2 aliphatic heterocycles. The quantitative estimate of drug-likeness (QED) is 0.747. The Bertz CT molecular complexity index is 126. The lowest BCUT2D eigenvalue weighted by Gasteiger charge is -2.28. The highest BCUT2D eigenvalue weighted by atomic mass is 15.1. The molecule has 1 N–H and O–H groups in total. The summed E-state index contributed by atoms with van der Waals surface area (Å²) in [5.41, 5.74) is 0. The molecule has 0 aromatic carbocycles. The monoisotopic (exact) mass is 198 g/mol. The van der Waals surface area contributed by atoms with E-state index in [1.54, 1.807) is 0 Å². The van der Waals surface area contributed by atoms with Crippen LogP contribution in [0.4, 0.5) is 0 Å². The molecular weight excluding hydrogens is 172 g/mol. The van der Waals surface area contributed by atoms with Crippen LogP contribution in [0.2, 0.25) is 0 Å². The van der Waals surface area contributed by atoms with Crippen LogP contribution in [0.15, 0.2) is 0 Å². The van der Waals surface area contributed by atoms with Gasteiger partial charge in [-0.05, 0) is 57.9 Å². The summed E-state index contributed by atoms with van der Waals surface area (Å²) in [6, 6.07) is 0. The predicted octanol–water partition coefficient (Wildman–Crippen LogP) is 2.11. The van der Waals surface area contributed by atoms with Crippen molar-refractivity contribution in [1.29, 1.82) is 0 Å². The maximum Gasteiger partial charge on any atom is -0.000778 e. The summed E-state index contributed by atoms with van der Waals surface area (Å²) in [7, 11) is 0. The van der Waals surface area contributed by atoms with Crippen LogP contribution >= 0.6 is 0 Å². The standard InChI is InChI=1S/C9H18N2.C3H8/c1-2-5-11(4-1)6-3-9-7-10-8-9;1-3-2/h9-10H,1-8H2;3H2,1-2H3. The van der Waals surface area contributed by atoms with Crippen LogP contribution in [-0.4, -0.2) is 37.6 Å². The minimum atomic E-state index is 0.996. The van der Waals surface area contributed by atoms with Crippen LogP contribution in [0.3, 0.4) is 0 Å². The molecule has 14 heavy (non-hydrogen) atoms. The van der Waals surface area contributed by atoms with Gasteiger partial charge in [-0.2, -0.15) is 0 Å². The third kappa shape index (κ3) is 4.43. The Morgan fingerprint density at radius 2 is 1.71 bits per heavy atom. The third-order valence-corrected chi connectivity index (χ3v) is 2.92.